The number of hydrogen-bond donors (Lipinski definition) is 0. The summed E-state index contributed by atoms with van der Waals surface area (Å²) in [5.41, 5.74) is 2.05. The van der Waals surface area contributed by atoms with Crippen molar-refractivity contribution in [1.82, 2.24) is 0 Å². The Morgan fingerprint density at radius 3 is 2.27 bits per heavy atom. The summed E-state index contributed by atoms with van der Waals surface area (Å²) in [6.07, 6.45) is 3.98. The predicted molar refractivity (Wildman–Crippen MR) is 55.8 cm³/mol. The van der Waals surface area contributed by atoms with Crippen molar-refractivity contribution >= 4 is 0 Å². The molecule has 2 radical (unpaired) electrons. The minimum Gasteiger partial charge on any atom is -0.0622 e. The Hall–Kier alpha value is -0.780. The van der Waals surface area contributed by atoms with Gasteiger partial charge in [0.2, 0.25) is 0 Å². The van der Waals surface area contributed by atoms with Gasteiger partial charge in [-0.05, 0) is 53.4 Å². The van der Waals surface area contributed by atoms with Gasteiger partial charge in [-0.2, -0.15) is 0 Å². The van der Waals surface area contributed by atoms with Crippen LogP contribution >= 0.6 is 0 Å². The fraction of sp³-hybridized carbons (Fsp3) is 0.533. The van der Waals surface area contributed by atoms with Crippen LogP contribution in [0.25, 0.3) is 0 Å². The lowest BCUT2D eigenvalue weighted by Gasteiger charge is -2.87. The summed E-state index contributed by atoms with van der Waals surface area (Å²) in [6, 6.07) is 11.2. The van der Waals surface area contributed by atoms with Crippen LogP contribution in [0, 0.1) is 47.8 Å². The van der Waals surface area contributed by atoms with Crippen LogP contribution in [0.4, 0.5) is 0 Å². The average Bonchev–Trinajstić information content (AvgIpc) is 2.52. The van der Waals surface area contributed by atoms with Gasteiger partial charge in [0.05, 0.1) is 0 Å². The van der Waals surface area contributed by atoms with E-state index in [0.717, 1.165) is 35.5 Å². The lowest BCUT2D eigenvalue weighted by Crippen LogP contribution is -2.86. The van der Waals surface area contributed by atoms with Gasteiger partial charge in [0.1, 0.15) is 0 Å². The average molecular weight is 192 g/mol. The van der Waals surface area contributed by atoms with Gasteiger partial charge < -0.3 is 0 Å². The van der Waals surface area contributed by atoms with E-state index >= 15 is 0 Å². The summed E-state index contributed by atoms with van der Waals surface area (Å²) in [4.78, 5) is 0. The maximum absolute atomic E-state index is 3.98. The van der Waals surface area contributed by atoms with E-state index in [1.54, 1.807) is 5.56 Å². The first kappa shape index (κ1) is 6.73. The van der Waals surface area contributed by atoms with Crippen molar-refractivity contribution in [3.8, 4) is 0 Å². The molecule has 0 aromatic heterocycles. The Bertz CT molecular complexity index is 468. The Kier molecular flexibility index (Phi) is 0.714. The highest BCUT2D eigenvalue weighted by Gasteiger charge is 2.96. The van der Waals surface area contributed by atoms with Crippen molar-refractivity contribution in [1.29, 1.82) is 0 Å². The molecule has 7 rings (SSSR count). The molecule has 0 spiro atoms. The standard InChI is InChI=1S/C15H12/c1-2-4-7(5-3-1)15-6-8-9-11-10(8)14(15)12(11)13(9)15/h1-5,8-14H. The van der Waals surface area contributed by atoms with E-state index < -0.39 is 0 Å². The molecule has 0 heterocycles. The van der Waals surface area contributed by atoms with E-state index in [1.165, 1.54) is 5.92 Å². The zero-order valence-electron chi connectivity index (χ0n) is 8.43. The van der Waals surface area contributed by atoms with Crippen LogP contribution in [0.15, 0.2) is 30.3 Å². The van der Waals surface area contributed by atoms with Crippen LogP contribution in [0.3, 0.4) is 0 Å². The molecule has 6 aliphatic carbocycles. The SMILES string of the molecule is [C]1C2C3C4C2C2C4C3C12c1ccccc1. The van der Waals surface area contributed by atoms with Crippen LogP contribution in [0.2, 0.25) is 0 Å². The van der Waals surface area contributed by atoms with Crippen LogP contribution in [-0.4, -0.2) is 0 Å². The maximum atomic E-state index is 3.98. The quantitative estimate of drug-likeness (QED) is 0.641. The summed E-state index contributed by atoms with van der Waals surface area (Å²) in [5.74, 6) is 7.49. The van der Waals surface area contributed by atoms with Gasteiger partial charge in [0, 0.05) is 5.41 Å². The number of rotatable bonds is 1. The summed E-state index contributed by atoms with van der Waals surface area (Å²) >= 11 is 0. The molecule has 2 bridgehead atoms. The first-order valence-corrected chi connectivity index (χ1v) is 6.28. The molecule has 0 N–H and O–H groups in total. The third-order valence-corrected chi connectivity index (χ3v) is 6.53. The molecule has 15 heavy (non-hydrogen) atoms. The second-order valence-corrected chi connectivity index (χ2v) is 6.27. The fourth-order valence-corrected chi connectivity index (χ4v) is 6.37. The molecule has 72 valence electrons. The van der Waals surface area contributed by atoms with E-state index in [0.29, 0.717) is 5.41 Å². The monoisotopic (exact) mass is 192 g/mol. The van der Waals surface area contributed by atoms with Crippen molar-refractivity contribution < 1.29 is 0 Å². The van der Waals surface area contributed by atoms with Crippen LogP contribution < -0.4 is 0 Å². The molecule has 6 aliphatic rings. The van der Waals surface area contributed by atoms with Gasteiger partial charge in [0.15, 0.2) is 0 Å². The number of hydrogen-bond acceptors (Lipinski definition) is 0. The van der Waals surface area contributed by atoms with E-state index in [4.69, 9.17) is 0 Å². The zero-order valence-corrected chi connectivity index (χ0v) is 8.43. The van der Waals surface area contributed by atoms with E-state index in [9.17, 15) is 0 Å². The largest absolute Gasteiger partial charge is 0.0622 e. The fourth-order valence-electron chi connectivity index (χ4n) is 6.37. The van der Waals surface area contributed by atoms with E-state index in [2.05, 4.69) is 36.8 Å². The third-order valence-electron chi connectivity index (χ3n) is 6.53. The van der Waals surface area contributed by atoms with Gasteiger partial charge in [-0.15, -0.1) is 0 Å². The summed E-state index contributed by atoms with van der Waals surface area (Å²) in [5, 5.41) is 0. The van der Waals surface area contributed by atoms with Crippen molar-refractivity contribution in [2.24, 2.45) is 41.4 Å². The normalized spacial score (nSPS) is 68.7. The molecule has 1 aromatic carbocycles. The second-order valence-electron chi connectivity index (χ2n) is 6.27. The maximum Gasteiger partial charge on any atom is 0.00920 e. The molecule has 1 aromatic rings. The Labute approximate surface area is 89.7 Å². The van der Waals surface area contributed by atoms with Crippen LogP contribution in [0.1, 0.15) is 5.56 Å². The topological polar surface area (TPSA) is 0 Å². The van der Waals surface area contributed by atoms with Crippen molar-refractivity contribution in [2.75, 3.05) is 0 Å². The highest BCUT2D eigenvalue weighted by Crippen LogP contribution is 2.98. The summed E-state index contributed by atoms with van der Waals surface area (Å²) in [6.45, 7) is 0. The number of benzene rings is 1. The lowest BCUT2D eigenvalue weighted by molar-refractivity contribution is -0.389. The minimum absolute atomic E-state index is 0.459. The Balaban J connectivity index is 1.62. The smallest absolute Gasteiger partial charge is 0.00920 e. The molecule has 6 saturated carbocycles. The molecule has 4 unspecified atom stereocenters. The van der Waals surface area contributed by atoms with Crippen LogP contribution in [0.5, 0.6) is 0 Å². The highest BCUT2D eigenvalue weighted by atomic mass is 15.0. The van der Waals surface area contributed by atoms with Gasteiger partial charge >= 0.3 is 0 Å². The molecular weight excluding hydrogens is 180 g/mol. The Morgan fingerprint density at radius 1 is 0.867 bits per heavy atom. The summed E-state index contributed by atoms with van der Waals surface area (Å²) < 4.78 is 0. The first-order chi connectivity index (χ1) is 7.44. The highest BCUT2D eigenvalue weighted by molar-refractivity contribution is 5.56. The molecule has 0 saturated heterocycles. The van der Waals surface area contributed by atoms with Gasteiger partial charge in [-0.1, -0.05) is 30.3 Å². The molecule has 0 nitrogen and oxygen atoms in total. The first-order valence-electron chi connectivity index (χ1n) is 6.28. The van der Waals surface area contributed by atoms with Gasteiger partial charge in [-0.25, -0.2) is 0 Å². The summed E-state index contributed by atoms with van der Waals surface area (Å²) in [7, 11) is 0. The van der Waals surface area contributed by atoms with Crippen molar-refractivity contribution in [2.45, 2.75) is 5.41 Å². The van der Waals surface area contributed by atoms with E-state index in [1.807, 2.05) is 0 Å². The van der Waals surface area contributed by atoms with Crippen molar-refractivity contribution in [3.63, 3.8) is 0 Å². The molecule has 4 atom stereocenters. The lowest BCUT2D eigenvalue weighted by atomic mass is 9.16. The molecule has 0 amide bonds. The molecule has 0 heteroatoms. The predicted octanol–water partition coefficient (Wildman–Crippen LogP) is 2.39. The van der Waals surface area contributed by atoms with E-state index in [-0.39, 0.29) is 0 Å². The van der Waals surface area contributed by atoms with Crippen molar-refractivity contribution in [3.05, 3.63) is 42.3 Å². The minimum atomic E-state index is 0.459. The molecule has 6 fully saturated rings. The second kappa shape index (κ2) is 1.59. The zero-order chi connectivity index (χ0) is 9.36. The molecular formula is C15H12. The third kappa shape index (κ3) is 0.380. The Morgan fingerprint density at radius 2 is 1.60 bits per heavy atom. The van der Waals surface area contributed by atoms with Gasteiger partial charge in [-0.3, -0.25) is 0 Å². The van der Waals surface area contributed by atoms with Crippen LogP contribution in [-0.2, 0) is 5.41 Å². The molecule has 0 aliphatic heterocycles. The van der Waals surface area contributed by atoms with Gasteiger partial charge in [0.25, 0.3) is 0 Å².